The fourth-order valence-corrected chi connectivity index (χ4v) is 4.62. The van der Waals surface area contributed by atoms with Gasteiger partial charge >= 0.3 is 12.1 Å². The molecule has 0 heterocycles. The van der Waals surface area contributed by atoms with E-state index in [9.17, 15) is 19.5 Å². The average Bonchev–Trinajstić information content (AvgIpc) is 3.15. The Morgan fingerprint density at radius 2 is 1.70 bits per heavy atom. The van der Waals surface area contributed by atoms with Crippen LogP contribution in [0.15, 0.2) is 60.7 Å². The summed E-state index contributed by atoms with van der Waals surface area (Å²) in [5.41, 5.74) is 4.53. The highest BCUT2D eigenvalue weighted by atomic mass is 16.5. The van der Waals surface area contributed by atoms with Crippen LogP contribution in [0.2, 0.25) is 0 Å². The van der Waals surface area contributed by atoms with Gasteiger partial charge in [0.1, 0.15) is 12.6 Å². The van der Waals surface area contributed by atoms with Crippen molar-refractivity contribution in [3.05, 3.63) is 71.8 Å². The summed E-state index contributed by atoms with van der Waals surface area (Å²) in [4.78, 5) is 36.4. The molecule has 0 fully saturated rings. The van der Waals surface area contributed by atoms with E-state index in [2.05, 4.69) is 22.8 Å². The van der Waals surface area contributed by atoms with Crippen LogP contribution in [0.25, 0.3) is 11.1 Å². The van der Waals surface area contributed by atoms with Crippen molar-refractivity contribution in [3.63, 3.8) is 0 Å². The Morgan fingerprint density at radius 1 is 1.06 bits per heavy atom. The van der Waals surface area contributed by atoms with Crippen LogP contribution in [0.3, 0.4) is 0 Å². The van der Waals surface area contributed by atoms with E-state index >= 15 is 0 Å². The molecule has 172 valence electrons. The summed E-state index contributed by atoms with van der Waals surface area (Å²) in [6.07, 6.45) is 4.09. The molecule has 3 atom stereocenters. The van der Waals surface area contributed by atoms with Crippen molar-refractivity contribution in [2.24, 2.45) is 5.92 Å². The summed E-state index contributed by atoms with van der Waals surface area (Å²) >= 11 is 0. The lowest BCUT2D eigenvalue weighted by atomic mass is 9.91. The van der Waals surface area contributed by atoms with Gasteiger partial charge in [-0.25, -0.2) is 4.79 Å². The van der Waals surface area contributed by atoms with Crippen LogP contribution in [-0.2, 0) is 14.3 Å². The zero-order chi connectivity index (χ0) is 23.4. The lowest BCUT2D eigenvalue weighted by Gasteiger charge is -2.25. The molecule has 0 aromatic heterocycles. The Bertz CT molecular complexity index is 1030. The van der Waals surface area contributed by atoms with E-state index in [1.807, 2.05) is 36.4 Å². The molecule has 2 aliphatic carbocycles. The minimum Gasteiger partial charge on any atom is -0.481 e. The molecule has 33 heavy (non-hydrogen) atoms. The van der Waals surface area contributed by atoms with Gasteiger partial charge in [0.15, 0.2) is 0 Å². The van der Waals surface area contributed by atoms with Crippen LogP contribution in [0.4, 0.5) is 4.79 Å². The number of hydrogen-bond donors (Lipinski definition) is 3. The Balaban J connectivity index is 1.34. The number of alkyl carbamates (subject to hydrolysis) is 1. The van der Waals surface area contributed by atoms with Crippen molar-refractivity contribution < 1.29 is 24.2 Å². The maximum Gasteiger partial charge on any atom is 0.407 e. The van der Waals surface area contributed by atoms with Crippen molar-refractivity contribution in [1.29, 1.82) is 0 Å². The molecular formula is C26H28N2O5. The summed E-state index contributed by atoms with van der Waals surface area (Å²) in [6.45, 7) is 1.97. The number of carboxylic acid groups (broad SMARTS) is 1. The molecule has 2 aromatic carbocycles. The highest BCUT2D eigenvalue weighted by Crippen LogP contribution is 2.44. The van der Waals surface area contributed by atoms with Gasteiger partial charge in [-0.1, -0.05) is 67.6 Å². The number of fused-ring (bicyclic) bond motifs is 3. The molecule has 0 bridgehead atoms. The maximum absolute atomic E-state index is 12.7. The zero-order valence-corrected chi connectivity index (χ0v) is 18.5. The number of nitrogens with one attached hydrogen (secondary N) is 2. The molecule has 3 N–H and O–H groups in total. The molecular weight excluding hydrogens is 420 g/mol. The van der Waals surface area contributed by atoms with Crippen LogP contribution >= 0.6 is 0 Å². The number of carboxylic acids is 1. The molecule has 4 rings (SSSR count). The predicted octanol–water partition coefficient (Wildman–Crippen LogP) is 3.84. The van der Waals surface area contributed by atoms with Crippen molar-refractivity contribution in [3.8, 4) is 11.1 Å². The van der Waals surface area contributed by atoms with Crippen LogP contribution in [0.5, 0.6) is 0 Å². The van der Waals surface area contributed by atoms with Gasteiger partial charge in [-0.05, 0) is 41.5 Å². The van der Waals surface area contributed by atoms with Crippen LogP contribution in [0.1, 0.15) is 43.2 Å². The predicted molar refractivity (Wildman–Crippen MR) is 124 cm³/mol. The quantitative estimate of drug-likeness (QED) is 0.558. The second-order valence-corrected chi connectivity index (χ2v) is 8.48. The minimum absolute atomic E-state index is 0.0580. The molecule has 2 aromatic rings. The van der Waals surface area contributed by atoms with Crippen LogP contribution in [0, 0.1) is 5.92 Å². The van der Waals surface area contributed by atoms with E-state index < -0.39 is 24.0 Å². The largest absolute Gasteiger partial charge is 0.481 e. The fourth-order valence-electron chi connectivity index (χ4n) is 4.62. The number of ether oxygens (including phenoxy) is 1. The highest BCUT2D eigenvalue weighted by molar-refractivity contribution is 5.86. The number of benzene rings is 2. The van der Waals surface area contributed by atoms with E-state index in [1.165, 1.54) is 0 Å². The van der Waals surface area contributed by atoms with Gasteiger partial charge in [0.25, 0.3) is 0 Å². The number of allylic oxidation sites excluding steroid dienone is 1. The first-order valence-electron chi connectivity index (χ1n) is 11.3. The monoisotopic (exact) mass is 448 g/mol. The van der Waals surface area contributed by atoms with Gasteiger partial charge in [-0.3, -0.25) is 9.59 Å². The van der Waals surface area contributed by atoms with Gasteiger partial charge in [0.2, 0.25) is 5.91 Å². The van der Waals surface area contributed by atoms with Gasteiger partial charge in [0.05, 0.1) is 5.92 Å². The second kappa shape index (κ2) is 9.90. The molecule has 1 unspecified atom stereocenters. The number of carbonyl (C=O) groups excluding carboxylic acids is 2. The third-order valence-corrected chi connectivity index (χ3v) is 6.36. The number of amides is 2. The lowest BCUT2D eigenvalue weighted by molar-refractivity contribution is -0.142. The molecule has 0 saturated carbocycles. The molecule has 0 saturated heterocycles. The highest BCUT2D eigenvalue weighted by Gasteiger charge is 2.30. The molecule has 0 radical (unpaired) electrons. The average molecular weight is 449 g/mol. The Morgan fingerprint density at radius 3 is 2.30 bits per heavy atom. The molecule has 0 aliphatic heterocycles. The topological polar surface area (TPSA) is 105 Å². The smallest absolute Gasteiger partial charge is 0.407 e. The first kappa shape index (κ1) is 22.6. The van der Waals surface area contributed by atoms with E-state index in [0.29, 0.717) is 19.3 Å². The van der Waals surface area contributed by atoms with Gasteiger partial charge < -0.3 is 20.5 Å². The SMILES string of the molecule is CCC(NC(=O)OCC1c2ccccc2-c2ccccc21)C(=O)N[C@@H]1C=CC[C@@H](C(=O)O)C1. The Hall–Kier alpha value is -3.61. The van der Waals surface area contributed by atoms with Crippen LogP contribution < -0.4 is 10.6 Å². The van der Waals surface area contributed by atoms with Gasteiger partial charge in [-0.15, -0.1) is 0 Å². The first-order chi connectivity index (χ1) is 16.0. The van der Waals surface area contributed by atoms with E-state index in [4.69, 9.17) is 4.74 Å². The zero-order valence-electron chi connectivity index (χ0n) is 18.5. The van der Waals surface area contributed by atoms with E-state index in [0.717, 1.165) is 22.3 Å². The maximum atomic E-state index is 12.7. The first-order valence-corrected chi connectivity index (χ1v) is 11.3. The molecule has 2 aliphatic rings. The number of hydrogen-bond acceptors (Lipinski definition) is 4. The van der Waals surface area contributed by atoms with Gasteiger partial charge in [0, 0.05) is 12.0 Å². The third-order valence-electron chi connectivity index (χ3n) is 6.36. The standard InChI is InChI=1S/C26H28N2O5/c1-2-23(24(29)27-17-9-7-8-16(14-17)25(30)31)28-26(32)33-15-22-20-12-5-3-10-18(20)19-11-4-6-13-21(19)22/h3-7,9-13,16-17,22-23H,2,8,14-15H2,1H3,(H,27,29)(H,28,32)(H,30,31)/t16-,17-,23?/m1/s1. The van der Waals surface area contributed by atoms with Gasteiger partial charge in [-0.2, -0.15) is 0 Å². The minimum atomic E-state index is -0.873. The molecule has 7 nitrogen and oxygen atoms in total. The van der Waals surface area contributed by atoms with Crippen molar-refractivity contribution in [1.82, 2.24) is 10.6 Å². The second-order valence-electron chi connectivity index (χ2n) is 8.48. The summed E-state index contributed by atoms with van der Waals surface area (Å²) in [5.74, 6) is -1.80. The molecule has 0 spiro atoms. The Kier molecular flexibility index (Phi) is 6.77. The lowest BCUT2D eigenvalue weighted by Crippen LogP contribution is -2.50. The van der Waals surface area contributed by atoms with Crippen LogP contribution in [-0.4, -0.2) is 41.8 Å². The summed E-state index contributed by atoms with van der Waals surface area (Å²) in [7, 11) is 0. The fraction of sp³-hybridized carbons (Fsp3) is 0.346. The number of carbonyl (C=O) groups is 3. The van der Waals surface area contributed by atoms with E-state index in [1.54, 1.807) is 19.1 Å². The summed E-state index contributed by atoms with van der Waals surface area (Å²) in [5, 5.41) is 14.7. The van der Waals surface area contributed by atoms with Crippen molar-refractivity contribution in [2.45, 2.75) is 44.2 Å². The summed E-state index contributed by atoms with van der Waals surface area (Å²) < 4.78 is 5.54. The molecule has 2 amide bonds. The third kappa shape index (κ3) is 4.92. The summed E-state index contributed by atoms with van der Waals surface area (Å²) in [6, 6.07) is 15.0. The van der Waals surface area contributed by atoms with Crippen molar-refractivity contribution in [2.75, 3.05) is 6.61 Å². The van der Waals surface area contributed by atoms with Crippen molar-refractivity contribution >= 4 is 18.0 Å². The normalized spacial score (nSPS) is 19.8. The number of rotatable bonds is 7. The van der Waals surface area contributed by atoms with E-state index in [-0.39, 0.29) is 24.5 Å². The molecule has 7 heteroatoms. The Labute approximate surface area is 192 Å². The number of aliphatic carboxylic acids is 1.